The first-order valence-electron chi connectivity index (χ1n) is 7.90. The van der Waals surface area contributed by atoms with E-state index in [2.05, 4.69) is 27.1 Å². The molecular weight excluding hydrogens is 278 g/mol. The van der Waals surface area contributed by atoms with Crippen LogP contribution in [0.5, 0.6) is 0 Å². The number of nitrogens with two attached hydrogens (primary N) is 1. The predicted octanol–water partition coefficient (Wildman–Crippen LogP) is 1.13. The molecule has 1 saturated heterocycles. The maximum Gasteiger partial charge on any atom is 0.217 e. The summed E-state index contributed by atoms with van der Waals surface area (Å²) in [6, 6.07) is 5.84. The Morgan fingerprint density at radius 3 is 3.09 bits per heavy atom. The first-order chi connectivity index (χ1) is 10.7. The van der Waals surface area contributed by atoms with E-state index in [9.17, 15) is 4.79 Å². The Bertz CT molecular complexity index is 503. The summed E-state index contributed by atoms with van der Waals surface area (Å²) < 4.78 is 0. The number of hydrogen-bond donors (Lipinski definition) is 2. The third kappa shape index (κ3) is 5.02. The molecule has 0 aromatic carbocycles. The molecule has 0 saturated carbocycles. The van der Waals surface area contributed by atoms with Crippen LogP contribution in [-0.2, 0) is 11.3 Å². The molecule has 1 aliphatic heterocycles. The summed E-state index contributed by atoms with van der Waals surface area (Å²) in [7, 11) is 0. The van der Waals surface area contributed by atoms with Gasteiger partial charge in [0.1, 0.15) is 0 Å². The summed E-state index contributed by atoms with van der Waals surface area (Å²) in [5.41, 5.74) is 6.27. The zero-order chi connectivity index (χ0) is 15.8. The van der Waals surface area contributed by atoms with E-state index in [1.807, 2.05) is 18.2 Å². The van der Waals surface area contributed by atoms with Crippen LogP contribution in [0, 0.1) is 5.92 Å². The molecule has 3 N–H and O–H groups in total. The fourth-order valence-corrected chi connectivity index (χ4v) is 2.78. The molecule has 0 bridgehead atoms. The number of carbonyl (C=O) groups is 1. The topological polar surface area (TPSA) is 83.6 Å². The van der Waals surface area contributed by atoms with E-state index in [1.165, 1.54) is 0 Å². The predicted molar refractivity (Wildman–Crippen MR) is 87.2 cm³/mol. The highest BCUT2D eigenvalue weighted by atomic mass is 16.1. The van der Waals surface area contributed by atoms with Gasteiger partial charge in [-0.25, -0.2) is 4.99 Å². The summed E-state index contributed by atoms with van der Waals surface area (Å²) in [4.78, 5) is 22.3. The van der Waals surface area contributed by atoms with Gasteiger partial charge in [-0.2, -0.15) is 0 Å². The third-order valence-corrected chi connectivity index (χ3v) is 3.76. The molecule has 1 atom stereocenters. The van der Waals surface area contributed by atoms with Crippen molar-refractivity contribution in [1.82, 2.24) is 15.2 Å². The van der Waals surface area contributed by atoms with Gasteiger partial charge in [0, 0.05) is 32.3 Å². The van der Waals surface area contributed by atoms with Crippen molar-refractivity contribution in [3.8, 4) is 0 Å². The van der Waals surface area contributed by atoms with Gasteiger partial charge in [-0.15, -0.1) is 0 Å². The average molecular weight is 303 g/mol. The monoisotopic (exact) mass is 303 g/mol. The number of aliphatic imine (C=N–C) groups is 1. The van der Waals surface area contributed by atoms with Crippen LogP contribution in [0.2, 0.25) is 0 Å². The number of pyridine rings is 1. The van der Waals surface area contributed by atoms with Gasteiger partial charge in [-0.3, -0.25) is 9.78 Å². The normalized spacial score (nSPS) is 19.0. The lowest BCUT2D eigenvalue weighted by molar-refractivity contribution is -0.119. The maximum absolute atomic E-state index is 11.1. The molecule has 1 aliphatic rings. The van der Waals surface area contributed by atoms with Gasteiger partial charge >= 0.3 is 0 Å². The minimum Gasteiger partial charge on any atom is -0.370 e. The van der Waals surface area contributed by atoms with E-state index in [-0.39, 0.29) is 5.91 Å². The summed E-state index contributed by atoms with van der Waals surface area (Å²) in [5.74, 6) is 0.995. The number of aromatic nitrogens is 1. The molecule has 1 unspecified atom stereocenters. The molecule has 22 heavy (non-hydrogen) atoms. The smallest absolute Gasteiger partial charge is 0.217 e. The standard InChI is InChI=1S/C16H25N5O/c1-2-18-16(20-11-14-7-3-4-8-19-14)21-9-5-6-13(12-21)10-15(17)22/h3-4,7-8,13H,2,5-6,9-12H2,1H3,(H2,17,22)(H,18,20). The fraction of sp³-hybridized carbons (Fsp3) is 0.562. The van der Waals surface area contributed by atoms with E-state index in [1.54, 1.807) is 6.20 Å². The van der Waals surface area contributed by atoms with Crippen molar-refractivity contribution in [1.29, 1.82) is 0 Å². The minimum absolute atomic E-state index is 0.220. The largest absolute Gasteiger partial charge is 0.370 e. The number of amides is 1. The molecule has 1 amide bonds. The van der Waals surface area contributed by atoms with Gasteiger partial charge < -0.3 is 16.0 Å². The highest BCUT2D eigenvalue weighted by Gasteiger charge is 2.23. The highest BCUT2D eigenvalue weighted by Crippen LogP contribution is 2.19. The van der Waals surface area contributed by atoms with Crippen LogP contribution in [0.25, 0.3) is 0 Å². The molecule has 1 aromatic rings. The Kier molecular flexibility index (Phi) is 6.18. The molecule has 6 nitrogen and oxygen atoms in total. The molecule has 120 valence electrons. The van der Waals surface area contributed by atoms with Crippen LogP contribution in [0.3, 0.4) is 0 Å². The lowest BCUT2D eigenvalue weighted by atomic mass is 9.95. The van der Waals surface area contributed by atoms with Crippen molar-refractivity contribution < 1.29 is 4.79 Å². The highest BCUT2D eigenvalue weighted by molar-refractivity contribution is 5.80. The van der Waals surface area contributed by atoms with Gasteiger partial charge in [0.25, 0.3) is 0 Å². The third-order valence-electron chi connectivity index (χ3n) is 3.76. The lowest BCUT2D eigenvalue weighted by Crippen LogP contribution is -2.47. The van der Waals surface area contributed by atoms with E-state index < -0.39 is 0 Å². The zero-order valence-electron chi connectivity index (χ0n) is 13.2. The van der Waals surface area contributed by atoms with Crippen molar-refractivity contribution in [2.45, 2.75) is 32.7 Å². The fourth-order valence-electron chi connectivity index (χ4n) is 2.78. The van der Waals surface area contributed by atoms with Crippen molar-refractivity contribution in [2.24, 2.45) is 16.6 Å². The molecule has 0 aliphatic carbocycles. The van der Waals surface area contributed by atoms with Crippen molar-refractivity contribution in [3.63, 3.8) is 0 Å². The average Bonchev–Trinajstić information content (AvgIpc) is 2.52. The molecule has 1 fully saturated rings. The van der Waals surface area contributed by atoms with Gasteiger partial charge in [-0.1, -0.05) is 6.07 Å². The van der Waals surface area contributed by atoms with Crippen LogP contribution in [0.15, 0.2) is 29.4 Å². The van der Waals surface area contributed by atoms with Crippen LogP contribution in [0.1, 0.15) is 31.9 Å². The Labute approximate surface area is 131 Å². The second-order valence-corrected chi connectivity index (χ2v) is 5.62. The number of carbonyl (C=O) groups excluding carboxylic acids is 1. The molecule has 2 rings (SSSR count). The first-order valence-corrected chi connectivity index (χ1v) is 7.90. The quantitative estimate of drug-likeness (QED) is 0.631. The van der Waals surface area contributed by atoms with Gasteiger partial charge in [-0.05, 0) is 37.8 Å². The second-order valence-electron chi connectivity index (χ2n) is 5.62. The summed E-state index contributed by atoms with van der Waals surface area (Å²) in [5, 5.41) is 3.33. The molecule has 0 radical (unpaired) electrons. The Balaban J connectivity index is 2.01. The maximum atomic E-state index is 11.1. The summed E-state index contributed by atoms with van der Waals surface area (Å²) in [6.45, 7) is 5.22. The van der Waals surface area contributed by atoms with E-state index >= 15 is 0 Å². The van der Waals surface area contributed by atoms with Gasteiger partial charge in [0.2, 0.25) is 5.91 Å². The minimum atomic E-state index is -0.220. The molecule has 0 spiro atoms. The molecule has 6 heteroatoms. The van der Waals surface area contributed by atoms with Crippen LogP contribution >= 0.6 is 0 Å². The van der Waals surface area contributed by atoms with Gasteiger partial charge in [0.05, 0.1) is 12.2 Å². The number of nitrogens with one attached hydrogen (secondary N) is 1. The van der Waals surface area contributed by atoms with Crippen LogP contribution in [-0.4, -0.2) is 41.4 Å². The molecular formula is C16H25N5O. The van der Waals surface area contributed by atoms with E-state index in [0.717, 1.165) is 44.1 Å². The Morgan fingerprint density at radius 2 is 2.41 bits per heavy atom. The van der Waals surface area contributed by atoms with Gasteiger partial charge in [0.15, 0.2) is 5.96 Å². The summed E-state index contributed by atoms with van der Waals surface area (Å²) >= 11 is 0. The second kappa shape index (κ2) is 8.36. The van der Waals surface area contributed by atoms with Crippen LogP contribution in [0.4, 0.5) is 0 Å². The number of likely N-dealkylation sites (tertiary alicyclic amines) is 1. The number of guanidine groups is 1. The Morgan fingerprint density at radius 1 is 1.55 bits per heavy atom. The zero-order valence-corrected chi connectivity index (χ0v) is 13.2. The molecule has 1 aromatic heterocycles. The first kappa shape index (κ1) is 16.3. The number of piperidine rings is 1. The van der Waals surface area contributed by atoms with Crippen molar-refractivity contribution >= 4 is 11.9 Å². The molecule has 2 heterocycles. The number of primary amides is 1. The Hall–Kier alpha value is -2.11. The van der Waals surface area contributed by atoms with E-state index in [4.69, 9.17) is 5.73 Å². The van der Waals surface area contributed by atoms with Crippen molar-refractivity contribution in [3.05, 3.63) is 30.1 Å². The SMILES string of the molecule is CCNC(=NCc1ccccn1)N1CCCC(CC(N)=O)C1. The van der Waals surface area contributed by atoms with Crippen molar-refractivity contribution in [2.75, 3.05) is 19.6 Å². The number of nitrogens with zero attached hydrogens (tertiary/aromatic N) is 3. The number of hydrogen-bond acceptors (Lipinski definition) is 3. The number of rotatable bonds is 5. The lowest BCUT2D eigenvalue weighted by Gasteiger charge is -2.34. The van der Waals surface area contributed by atoms with Crippen LogP contribution < -0.4 is 11.1 Å². The summed E-state index contributed by atoms with van der Waals surface area (Å²) in [6.07, 6.45) is 4.35. The van der Waals surface area contributed by atoms with E-state index in [0.29, 0.717) is 18.9 Å².